The predicted molar refractivity (Wildman–Crippen MR) is 75.6 cm³/mol. The van der Waals surface area contributed by atoms with Crippen LogP contribution in [0.3, 0.4) is 0 Å². The molecule has 1 saturated carbocycles. The standard InChI is InChI=1S/C15H19NS/c1-16-14(9-8-11-6-7-11)13-10-17-15-5-3-2-4-12(13)15/h2-5,10-11,14,16H,6-9H2,1H3. The third kappa shape index (κ3) is 2.38. The van der Waals surface area contributed by atoms with Crippen LogP contribution >= 0.6 is 11.3 Å². The molecule has 1 aliphatic rings. The van der Waals surface area contributed by atoms with Gasteiger partial charge in [-0.2, -0.15) is 0 Å². The number of fused-ring (bicyclic) bond motifs is 1. The summed E-state index contributed by atoms with van der Waals surface area (Å²) in [5, 5.41) is 7.26. The van der Waals surface area contributed by atoms with E-state index in [0.717, 1.165) is 5.92 Å². The molecule has 1 unspecified atom stereocenters. The van der Waals surface area contributed by atoms with Crippen molar-refractivity contribution < 1.29 is 0 Å². The summed E-state index contributed by atoms with van der Waals surface area (Å²) in [6.45, 7) is 0. The smallest absolute Gasteiger partial charge is 0.0346 e. The van der Waals surface area contributed by atoms with Crippen LogP contribution in [0.4, 0.5) is 0 Å². The van der Waals surface area contributed by atoms with E-state index in [2.05, 4.69) is 42.0 Å². The molecule has 0 radical (unpaired) electrons. The number of thiophene rings is 1. The first-order valence-corrected chi connectivity index (χ1v) is 7.40. The molecule has 0 amide bonds. The van der Waals surface area contributed by atoms with Gasteiger partial charge in [-0.3, -0.25) is 0 Å². The fourth-order valence-corrected chi connectivity index (χ4v) is 3.55. The van der Waals surface area contributed by atoms with Crippen molar-refractivity contribution in [2.45, 2.75) is 31.7 Å². The van der Waals surface area contributed by atoms with E-state index >= 15 is 0 Å². The highest BCUT2D eigenvalue weighted by molar-refractivity contribution is 7.17. The third-order valence-corrected chi connectivity index (χ3v) is 4.78. The van der Waals surface area contributed by atoms with Crippen molar-refractivity contribution in [1.29, 1.82) is 0 Å². The number of hydrogen-bond acceptors (Lipinski definition) is 2. The summed E-state index contributed by atoms with van der Waals surface area (Å²) >= 11 is 1.87. The Bertz CT molecular complexity index is 498. The van der Waals surface area contributed by atoms with Crippen LogP contribution in [0.5, 0.6) is 0 Å². The van der Waals surface area contributed by atoms with Crippen LogP contribution in [0.15, 0.2) is 29.6 Å². The van der Waals surface area contributed by atoms with Gasteiger partial charge < -0.3 is 5.32 Å². The van der Waals surface area contributed by atoms with Gasteiger partial charge in [0.2, 0.25) is 0 Å². The lowest BCUT2D eigenvalue weighted by molar-refractivity contribution is 0.510. The van der Waals surface area contributed by atoms with Gasteiger partial charge >= 0.3 is 0 Å². The maximum absolute atomic E-state index is 3.49. The fraction of sp³-hybridized carbons (Fsp3) is 0.467. The minimum absolute atomic E-state index is 0.534. The monoisotopic (exact) mass is 245 g/mol. The van der Waals surface area contributed by atoms with Gasteiger partial charge in [0, 0.05) is 10.7 Å². The van der Waals surface area contributed by atoms with E-state index in [1.165, 1.54) is 41.3 Å². The molecule has 1 aromatic heterocycles. The Morgan fingerprint density at radius 3 is 2.94 bits per heavy atom. The summed E-state index contributed by atoms with van der Waals surface area (Å²) in [5.74, 6) is 1.02. The van der Waals surface area contributed by atoms with Crippen molar-refractivity contribution in [3.63, 3.8) is 0 Å². The van der Waals surface area contributed by atoms with Gasteiger partial charge in [-0.25, -0.2) is 0 Å². The van der Waals surface area contributed by atoms with Gasteiger partial charge in [0.1, 0.15) is 0 Å². The lowest BCUT2D eigenvalue weighted by Gasteiger charge is -2.15. The molecular formula is C15H19NS. The highest BCUT2D eigenvalue weighted by atomic mass is 32.1. The van der Waals surface area contributed by atoms with E-state index in [1.807, 2.05) is 11.3 Å². The third-order valence-electron chi connectivity index (χ3n) is 3.80. The van der Waals surface area contributed by atoms with Crippen molar-refractivity contribution in [3.05, 3.63) is 35.2 Å². The Morgan fingerprint density at radius 2 is 2.18 bits per heavy atom. The van der Waals surface area contributed by atoms with Gasteiger partial charge in [0.05, 0.1) is 0 Å². The van der Waals surface area contributed by atoms with Crippen LogP contribution in [-0.4, -0.2) is 7.05 Å². The van der Waals surface area contributed by atoms with Gasteiger partial charge in [0.15, 0.2) is 0 Å². The quantitative estimate of drug-likeness (QED) is 0.825. The molecule has 1 heterocycles. The average Bonchev–Trinajstić information content (AvgIpc) is 3.10. The summed E-state index contributed by atoms with van der Waals surface area (Å²) in [6, 6.07) is 9.28. The predicted octanol–water partition coefficient (Wildman–Crippen LogP) is 4.35. The molecule has 3 rings (SSSR count). The molecule has 1 aromatic carbocycles. The first kappa shape index (κ1) is 11.2. The summed E-state index contributed by atoms with van der Waals surface area (Å²) in [5.41, 5.74) is 1.49. The Balaban J connectivity index is 1.83. The molecule has 0 saturated heterocycles. The van der Waals surface area contributed by atoms with Crippen LogP contribution in [0, 0.1) is 5.92 Å². The van der Waals surface area contributed by atoms with Crippen LogP contribution < -0.4 is 5.32 Å². The second kappa shape index (κ2) is 4.79. The van der Waals surface area contributed by atoms with Crippen LogP contribution in [0.25, 0.3) is 10.1 Å². The summed E-state index contributed by atoms with van der Waals surface area (Å²) in [7, 11) is 2.09. The molecular weight excluding hydrogens is 226 g/mol. The Morgan fingerprint density at radius 1 is 1.35 bits per heavy atom. The average molecular weight is 245 g/mol. The minimum Gasteiger partial charge on any atom is -0.313 e. The summed E-state index contributed by atoms with van der Waals surface area (Å²) < 4.78 is 1.41. The molecule has 1 nitrogen and oxygen atoms in total. The van der Waals surface area contributed by atoms with Crippen LogP contribution in [-0.2, 0) is 0 Å². The zero-order chi connectivity index (χ0) is 11.7. The number of hydrogen-bond donors (Lipinski definition) is 1. The molecule has 2 heteroatoms. The second-order valence-electron chi connectivity index (χ2n) is 5.05. The van der Waals surface area contributed by atoms with E-state index in [-0.39, 0.29) is 0 Å². The van der Waals surface area contributed by atoms with Gasteiger partial charge in [-0.05, 0) is 48.2 Å². The van der Waals surface area contributed by atoms with Crippen molar-refractivity contribution in [3.8, 4) is 0 Å². The van der Waals surface area contributed by atoms with Crippen molar-refractivity contribution in [2.75, 3.05) is 7.05 Å². The zero-order valence-corrected chi connectivity index (χ0v) is 11.1. The summed E-state index contributed by atoms with van der Waals surface area (Å²) in [6.07, 6.45) is 5.58. The molecule has 17 heavy (non-hydrogen) atoms. The maximum atomic E-state index is 3.49. The molecule has 90 valence electrons. The van der Waals surface area contributed by atoms with Gasteiger partial charge in [-0.1, -0.05) is 31.0 Å². The number of rotatable bonds is 5. The lowest BCUT2D eigenvalue weighted by Crippen LogP contribution is -2.16. The largest absolute Gasteiger partial charge is 0.313 e. The zero-order valence-electron chi connectivity index (χ0n) is 10.3. The van der Waals surface area contributed by atoms with Gasteiger partial charge in [0.25, 0.3) is 0 Å². The Hall–Kier alpha value is -0.860. The van der Waals surface area contributed by atoms with Crippen molar-refractivity contribution in [2.24, 2.45) is 5.92 Å². The highest BCUT2D eigenvalue weighted by Gasteiger charge is 2.23. The SMILES string of the molecule is CNC(CCC1CC1)c1csc2ccccc12. The van der Waals surface area contributed by atoms with Crippen molar-refractivity contribution >= 4 is 21.4 Å². The summed E-state index contributed by atoms with van der Waals surface area (Å²) in [4.78, 5) is 0. The highest BCUT2D eigenvalue weighted by Crippen LogP contribution is 2.38. The molecule has 0 aliphatic heterocycles. The topological polar surface area (TPSA) is 12.0 Å². The second-order valence-corrected chi connectivity index (χ2v) is 5.96. The molecule has 1 atom stereocenters. The molecule has 0 bridgehead atoms. The first-order valence-electron chi connectivity index (χ1n) is 6.52. The van der Waals surface area contributed by atoms with E-state index in [4.69, 9.17) is 0 Å². The van der Waals surface area contributed by atoms with E-state index in [0.29, 0.717) is 6.04 Å². The molecule has 1 N–H and O–H groups in total. The van der Waals surface area contributed by atoms with Crippen molar-refractivity contribution in [1.82, 2.24) is 5.32 Å². The Kier molecular flexibility index (Phi) is 3.17. The number of benzene rings is 1. The normalized spacial score (nSPS) is 17.5. The fourth-order valence-electron chi connectivity index (χ4n) is 2.53. The first-order chi connectivity index (χ1) is 8.38. The molecule has 2 aromatic rings. The van der Waals surface area contributed by atoms with E-state index in [9.17, 15) is 0 Å². The minimum atomic E-state index is 0.534. The molecule has 1 aliphatic carbocycles. The molecule has 0 spiro atoms. The van der Waals surface area contributed by atoms with E-state index < -0.39 is 0 Å². The molecule has 1 fully saturated rings. The van der Waals surface area contributed by atoms with Crippen LogP contribution in [0.2, 0.25) is 0 Å². The lowest BCUT2D eigenvalue weighted by atomic mass is 10.00. The van der Waals surface area contributed by atoms with Gasteiger partial charge in [-0.15, -0.1) is 11.3 Å². The van der Waals surface area contributed by atoms with E-state index in [1.54, 1.807) is 0 Å². The van der Waals surface area contributed by atoms with Crippen LogP contribution in [0.1, 0.15) is 37.3 Å². The number of nitrogens with one attached hydrogen (secondary N) is 1. The maximum Gasteiger partial charge on any atom is 0.0346 e. The Labute approximate surface area is 107 Å².